The Morgan fingerprint density at radius 3 is 2.70 bits per heavy atom. The summed E-state index contributed by atoms with van der Waals surface area (Å²) in [4.78, 5) is 37.4. The van der Waals surface area contributed by atoms with Gasteiger partial charge in [0.15, 0.2) is 5.82 Å². The standard InChI is InChI=1S/C32H34N8O2S/c1-20-14-34-29(27-18-43-19-36-27)38-28(20)26-13-24-16-35-32(37-25-6-4-22(5-7-25)23-3-2-10-33-15-23)39-30(24)40(31(26)41)17-21-8-11-42-12-9-21/h4-7,13-14,16,18-19,21,23,33H,2-3,8-12,15,17H2,1H3,(H,35,37,39). The lowest BCUT2D eigenvalue weighted by Gasteiger charge is -2.24. The molecule has 2 aliphatic rings. The molecule has 1 unspecified atom stereocenters. The molecule has 1 atom stereocenters. The summed E-state index contributed by atoms with van der Waals surface area (Å²) in [6, 6.07) is 10.4. The number of ether oxygens (including phenoxy) is 1. The molecular weight excluding hydrogens is 560 g/mol. The van der Waals surface area contributed by atoms with Crippen molar-refractivity contribution >= 4 is 34.0 Å². The van der Waals surface area contributed by atoms with E-state index in [1.807, 2.05) is 18.4 Å². The van der Waals surface area contributed by atoms with Crippen molar-refractivity contribution < 1.29 is 4.74 Å². The minimum atomic E-state index is -0.125. The number of nitrogens with one attached hydrogen (secondary N) is 2. The maximum absolute atomic E-state index is 14.2. The number of aryl methyl sites for hydroxylation is 1. The van der Waals surface area contributed by atoms with Gasteiger partial charge in [0.2, 0.25) is 5.95 Å². The Labute approximate surface area is 253 Å². The fraction of sp³-hybridized carbons (Fsp3) is 0.375. The van der Waals surface area contributed by atoms with E-state index in [0.717, 1.165) is 42.6 Å². The van der Waals surface area contributed by atoms with E-state index in [1.165, 1.54) is 29.7 Å². The Morgan fingerprint density at radius 2 is 1.93 bits per heavy atom. The van der Waals surface area contributed by atoms with Crippen LogP contribution in [0.3, 0.4) is 0 Å². The molecule has 2 aliphatic heterocycles. The highest BCUT2D eigenvalue weighted by molar-refractivity contribution is 7.07. The summed E-state index contributed by atoms with van der Waals surface area (Å²) in [6.07, 6.45) is 7.75. The van der Waals surface area contributed by atoms with E-state index < -0.39 is 0 Å². The third kappa shape index (κ3) is 5.93. The molecule has 10 nitrogen and oxygen atoms in total. The van der Waals surface area contributed by atoms with Gasteiger partial charge in [0, 0.05) is 55.2 Å². The number of aromatic nitrogens is 6. The van der Waals surface area contributed by atoms with Crippen LogP contribution in [0.2, 0.25) is 0 Å². The molecule has 6 heterocycles. The molecule has 0 aliphatic carbocycles. The Kier molecular flexibility index (Phi) is 7.92. The van der Waals surface area contributed by atoms with Crippen molar-refractivity contribution in [2.75, 3.05) is 31.6 Å². The maximum Gasteiger partial charge on any atom is 0.261 e. The van der Waals surface area contributed by atoms with Crippen molar-refractivity contribution in [1.82, 2.24) is 34.8 Å². The molecule has 2 N–H and O–H groups in total. The minimum absolute atomic E-state index is 0.125. The van der Waals surface area contributed by atoms with Crippen LogP contribution in [0.1, 0.15) is 42.7 Å². The van der Waals surface area contributed by atoms with Crippen LogP contribution in [0.15, 0.2) is 58.4 Å². The quantitative estimate of drug-likeness (QED) is 0.258. The second-order valence-electron chi connectivity index (χ2n) is 11.4. The molecule has 2 fully saturated rings. The monoisotopic (exact) mass is 594 g/mol. The number of anilines is 2. The summed E-state index contributed by atoms with van der Waals surface area (Å²) < 4.78 is 7.40. The number of pyridine rings is 1. The summed E-state index contributed by atoms with van der Waals surface area (Å²) in [5, 5.41) is 9.53. The predicted molar refractivity (Wildman–Crippen MR) is 169 cm³/mol. The molecule has 0 amide bonds. The number of hydrogen-bond donors (Lipinski definition) is 2. The van der Waals surface area contributed by atoms with E-state index >= 15 is 0 Å². The van der Waals surface area contributed by atoms with E-state index in [4.69, 9.17) is 14.7 Å². The van der Waals surface area contributed by atoms with Crippen LogP contribution in [0, 0.1) is 12.8 Å². The molecule has 4 aromatic heterocycles. The number of benzene rings is 1. The van der Waals surface area contributed by atoms with Crippen molar-refractivity contribution in [2.45, 2.75) is 45.1 Å². The van der Waals surface area contributed by atoms with E-state index in [9.17, 15) is 4.79 Å². The summed E-state index contributed by atoms with van der Waals surface area (Å²) in [7, 11) is 0. The molecule has 5 aromatic rings. The highest BCUT2D eigenvalue weighted by Gasteiger charge is 2.22. The van der Waals surface area contributed by atoms with Crippen LogP contribution < -0.4 is 16.2 Å². The van der Waals surface area contributed by atoms with E-state index in [-0.39, 0.29) is 5.56 Å². The number of rotatable bonds is 7. The van der Waals surface area contributed by atoms with Crippen molar-refractivity contribution in [3.05, 3.63) is 75.1 Å². The predicted octanol–water partition coefficient (Wildman–Crippen LogP) is 5.32. The molecule has 220 valence electrons. The SMILES string of the molecule is Cc1cnc(-c2cscn2)nc1-c1cc2cnc(Nc3ccc(C4CCCNC4)cc3)nc2n(CC2CCOCC2)c1=O. The van der Waals surface area contributed by atoms with Gasteiger partial charge in [-0.25, -0.2) is 19.9 Å². The molecule has 43 heavy (non-hydrogen) atoms. The topological polar surface area (TPSA) is 120 Å². The van der Waals surface area contributed by atoms with Gasteiger partial charge in [0.1, 0.15) is 11.3 Å². The van der Waals surface area contributed by atoms with Crippen LogP contribution in [-0.4, -0.2) is 55.8 Å². The van der Waals surface area contributed by atoms with Gasteiger partial charge in [-0.15, -0.1) is 11.3 Å². The summed E-state index contributed by atoms with van der Waals surface area (Å²) in [6.45, 7) is 6.00. The third-order valence-electron chi connectivity index (χ3n) is 8.43. The van der Waals surface area contributed by atoms with Crippen molar-refractivity contribution in [1.29, 1.82) is 0 Å². The smallest absolute Gasteiger partial charge is 0.261 e. The molecule has 0 spiro atoms. The first-order valence-corrected chi connectivity index (χ1v) is 15.9. The first-order valence-electron chi connectivity index (χ1n) is 14.9. The van der Waals surface area contributed by atoms with Crippen LogP contribution in [-0.2, 0) is 11.3 Å². The molecule has 2 saturated heterocycles. The van der Waals surface area contributed by atoms with Gasteiger partial charge in [-0.2, -0.15) is 4.98 Å². The number of fused-ring (bicyclic) bond motifs is 1. The number of thiazole rings is 1. The van der Waals surface area contributed by atoms with Gasteiger partial charge in [-0.1, -0.05) is 12.1 Å². The minimum Gasteiger partial charge on any atom is -0.381 e. The van der Waals surface area contributed by atoms with E-state index in [2.05, 4.69) is 49.9 Å². The molecule has 1 aromatic carbocycles. The zero-order valence-corrected chi connectivity index (χ0v) is 24.9. The molecule has 0 bridgehead atoms. The van der Waals surface area contributed by atoms with Crippen LogP contribution in [0.5, 0.6) is 0 Å². The van der Waals surface area contributed by atoms with Gasteiger partial charge in [-0.05, 0) is 80.3 Å². The first kappa shape index (κ1) is 27.8. The summed E-state index contributed by atoms with van der Waals surface area (Å²) in [5.74, 6) is 1.81. The van der Waals surface area contributed by atoms with Gasteiger partial charge in [0.05, 0.1) is 16.8 Å². The Bertz CT molecular complexity index is 1780. The summed E-state index contributed by atoms with van der Waals surface area (Å²) in [5.41, 5.74) is 7.10. The zero-order valence-electron chi connectivity index (χ0n) is 24.1. The molecule has 11 heteroatoms. The molecule has 0 radical (unpaired) electrons. The molecular formula is C32H34N8O2S. The Balaban J connectivity index is 1.26. The zero-order chi connectivity index (χ0) is 29.2. The van der Waals surface area contributed by atoms with E-state index in [0.29, 0.717) is 66.0 Å². The fourth-order valence-corrected chi connectivity index (χ4v) is 6.54. The van der Waals surface area contributed by atoms with Gasteiger partial charge in [-0.3, -0.25) is 9.36 Å². The lowest BCUT2D eigenvalue weighted by molar-refractivity contribution is 0.0613. The van der Waals surface area contributed by atoms with Gasteiger partial charge < -0.3 is 15.4 Å². The molecule has 0 saturated carbocycles. The first-order chi connectivity index (χ1) is 21.1. The fourth-order valence-electron chi connectivity index (χ4n) is 6.01. The number of hydrogen-bond acceptors (Lipinski definition) is 10. The lowest BCUT2D eigenvalue weighted by atomic mass is 9.92. The van der Waals surface area contributed by atoms with Crippen molar-refractivity contribution in [3.63, 3.8) is 0 Å². The number of piperidine rings is 1. The van der Waals surface area contributed by atoms with Crippen molar-refractivity contribution in [2.24, 2.45) is 5.92 Å². The van der Waals surface area contributed by atoms with Crippen molar-refractivity contribution in [3.8, 4) is 22.8 Å². The lowest BCUT2D eigenvalue weighted by Crippen LogP contribution is -2.29. The third-order valence-corrected chi connectivity index (χ3v) is 9.02. The second-order valence-corrected chi connectivity index (χ2v) is 12.1. The van der Waals surface area contributed by atoms with E-state index in [1.54, 1.807) is 22.5 Å². The Hall–Kier alpha value is -4.06. The van der Waals surface area contributed by atoms with Crippen LogP contribution >= 0.6 is 11.3 Å². The highest BCUT2D eigenvalue weighted by atomic mass is 32.1. The average molecular weight is 595 g/mol. The number of nitrogens with zero attached hydrogens (tertiary/aromatic N) is 6. The summed E-state index contributed by atoms with van der Waals surface area (Å²) >= 11 is 1.48. The second kappa shape index (κ2) is 12.3. The largest absolute Gasteiger partial charge is 0.381 e. The Morgan fingerprint density at radius 1 is 1.07 bits per heavy atom. The van der Waals surface area contributed by atoms with Gasteiger partial charge >= 0.3 is 0 Å². The van der Waals surface area contributed by atoms with Crippen LogP contribution in [0.4, 0.5) is 11.6 Å². The normalized spacial score (nSPS) is 17.7. The highest BCUT2D eigenvalue weighted by Crippen LogP contribution is 2.28. The average Bonchev–Trinajstić information content (AvgIpc) is 3.59. The molecule has 7 rings (SSSR count). The van der Waals surface area contributed by atoms with Gasteiger partial charge in [0.25, 0.3) is 5.56 Å². The van der Waals surface area contributed by atoms with Crippen LogP contribution in [0.25, 0.3) is 33.8 Å². The maximum atomic E-state index is 14.2.